The van der Waals surface area contributed by atoms with Crippen molar-refractivity contribution in [3.05, 3.63) is 276 Å². The van der Waals surface area contributed by atoms with Crippen molar-refractivity contribution in [2.45, 2.75) is 31.6 Å². The summed E-state index contributed by atoms with van der Waals surface area (Å²) >= 11 is 0. The number of anilines is 3. The molecule has 314 valence electrons. The number of allylic oxidation sites excluding steroid dienone is 5. The predicted octanol–water partition coefficient (Wildman–Crippen LogP) is 17.3. The first kappa shape index (κ1) is 39.6. The maximum atomic E-state index is 4.13. The molecule has 0 amide bonds. The first-order chi connectivity index (χ1) is 32.4. The number of rotatable bonds is 8. The van der Waals surface area contributed by atoms with E-state index < -0.39 is 5.41 Å². The van der Waals surface area contributed by atoms with Crippen LogP contribution >= 0.6 is 0 Å². The predicted molar refractivity (Wildman–Crippen MR) is 279 cm³/mol. The van der Waals surface area contributed by atoms with E-state index in [1.165, 1.54) is 94.6 Å². The summed E-state index contributed by atoms with van der Waals surface area (Å²) in [5.74, 6) is 0. The van der Waals surface area contributed by atoms with Gasteiger partial charge in [0.05, 0.1) is 11.1 Å². The van der Waals surface area contributed by atoms with Gasteiger partial charge >= 0.3 is 0 Å². The van der Waals surface area contributed by atoms with Crippen molar-refractivity contribution in [1.29, 1.82) is 0 Å². The van der Waals surface area contributed by atoms with Crippen LogP contribution in [0.15, 0.2) is 237 Å². The van der Waals surface area contributed by atoms with Crippen molar-refractivity contribution in [2.24, 2.45) is 0 Å². The highest BCUT2D eigenvalue weighted by Crippen LogP contribution is 2.66. The number of nitrogens with zero attached hydrogens (tertiary/aromatic N) is 1. The highest BCUT2D eigenvalue weighted by atomic mass is 15.1. The molecule has 66 heavy (non-hydrogen) atoms. The third kappa shape index (κ3) is 5.73. The molecular weight excluding hydrogens is 795 g/mol. The third-order valence-electron chi connectivity index (χ3n) is 14.6. The van der Waals surface area contributed by atoms with Gasteiger partial charge in [-0.3, -0.25) is 0 Å². The molecule has 0 bridgehead atoms. The Bertz CT molecular complexity index is 3460. The van der Waals surface area contributed by atoms with E-state index in [2.05, 4.69) is 257 Å². The lowest BCUT2D eigenvalue weighted by Crippen LogP contribution is -2.26. The molecule has 0 aromatic heterocycles. The van der Waals surface area contributed by atoms with E-state index >= 15 is 0 Å². The molecule has 0 aliphatic heterocycles. The maximum absolute atomic E-state index is 4.13. The standard InChI is InChI=1S/C65H49N/c1-5-19-46(20-6-2)50-27-17-30-57-62(50)53-26-14-16-29-56(53)65(57)58-31-18-32-61(63(58)54-39-35-47(41-60(54)65)44-23-11-8-12-24-44)66(48-36-33-45(34-37-48)43-21-9-7-10-22-43)49-38-40-52-51-25-13-15-28-55(51)64(3,4)59(52)42-49/h5-42H,1H2,2-4H3/b20-6-,46-19+. The smallest absolute Gasteiger partial charge is 0.0726 e. The highest BCUT2D eigenvalue weighted by molar-refractivity contribution is 6.04. The quantitative estimate of drug-likeness (QED) is 0.138. The molecule has 3 aliphatic carbocycles. The van der Waals surface area contributed by atoms with Crippen LogP contribution in [0.5, 0.6) is 0 Å². The second-order valence-electron chi connectivity index (χ2n) is 18.4. The third-order valence-corrected chi connectivity index (χ3v) is 14.6. The van der Waals surface area contributed by atoms with Crippen molar-refractivity contribution in [3.63, 3.8) is 0 Å². The molecule has 1 atom stereocenters. The molecule has 9 aromatic rings. The number of fused-ring (bicyclic) bond motifs is 13. The average molecular weight is 844 g/mol. The van der Waals surface area contributed by atoms with Gasteiger partial charge in [0.25, 0.3) is 0 Å². The molecule has 3 aliphatic rings. The minimum Gasteiger partial charge on any atom is -0.310 e. The average Bonchev–Trinajstić information content (AvgIpc) is 3.93. The zero-order valence-corrected chi connectivity index (χ0v) is 37.6. The number of hydrogen-bond donors (Lipinski definition) is 0. The molecule has 12 rings (SSSR count). The minimum absolute atomic E-state index is 0.158. The van der Waals surface area contributed by atoms with Crippen LogP contribution in [0.1, 0.15) is 59.7 Å². The summed E-state index contributed by atoms with van der Waals surface area (Å²) in [6, 6.07) is 77.2. The Morgan fingerprint density at radius 3 is 1.71 bits per heavy atom. The molecule has 1 heteroatoms. The van der Waals surface area contributed by atoms with Gasteiger partial charge in [-0.1, -0.05) is 215 Å². The first-order valence-corrected chi connectivity index (χ1v) is 23.2. The SMILES string of the molecule is C=C/C=C(\C=C/C)c1cccc2c1-c1ccccc1C21c2cc(-c3ccccc3)ccc2-c2c(N(c3ccc(-c4ccccc4)cc3)c3ccc4c(c3)C(C)(C)c3ccccc3-4)cccc21. The van der Waals surface area contributed by atoms with Crippen LogP contribution in [0.2, 0.25) is 0 Å². The lowest BCUT2D eigenvalue weighted by Gasteiger charge is -2.32. The Kier molecular flexibility index (Phi) is 9.19. The summed E-state index contributed by atoms with van der Waals surface area (Å²) in [7, 11) is 0. The lowest BCUT2D eigenvalue weighted by molar-refractivity contribution is 0.660. The van der Waals surface area contributed by atoms with Gasteiger partial charge in [0.15, 0.2) is 0 Å². The van der Waals surface area contributed by atoms with Crippen LogP contribution in [0, 0.1) is 0 Å². The molecule has 0 N–H and O–H groups in total. The van der Waals surface area contributed by atoms with Crippen LogP contribution in [-0.4, -0.2) is 0 Å². The van der Waals surface area contributed by atoms with E-state index in [1.807, 2.05) is 6.08 Å². The fraction of sp³-hybridized carbons (Fsp3) is 0.0769. The summed E-state index contributed by atoms with van der Waals surface area (Å²) in [6.45, 7) is 11.0. The van der Waals surface area contributed by atoms with Crippen molar-refractivity contribution in [1.82, 2.24) is 0 Å². The number of hydrogen-bond acceptors (Lipinski definition) is 1. The van der Waals surface area contributed by atoms with Crippen LogP contribution in [0.4, 0.5) is 17.1 Å². The van der Waals surface area contributed by atoms with Gasteiger partial charge in [0.1, 0.15) is 0 Å². The van der Waals surface area contributed by atoms with Gasteiger partial charge in [-0.15, -0.1) is 0 Å². The van der Waals surface area contributed by atoms with Gasteiger partial charge in [0, 0.05) is 22.4 Å². The largest absolute Gasteiger partial charge is 0.310 e. The first-order valence-electron chi connectivity index (χ1n) is 23.2. The Morgan fingerprint density at radius 2 is 0.985 bits per heavy atom. The van der Waals surface area contributed by atoms with E-state index in [4.69, 9.17) is 0 Å². The molecule has 9 aromatic carbocycles. The zero-order chi connectivity index (χ0) is 44.6. The van der Waals surface area contributed by atoms with Crippen LogP contribution in [0.25, 0.3) is 61.2 Å². The minimum atomic E-state index is -0.590. The molecule has 1 nitrogen and oxygen atoms in total. The van der Waals surface area contributed by atoms with Crippen molar-refractivity contribution >= 4 is 22.6 Å². The van der Waals surface area contributed by atoms with Crippen molar-refractivity contribution in [2.75, 3.05) is 4.90 Å². The Balaban J connectivity index is 1.16. The van der Waals surface area contributed by atoms with E-state index in [0.29, 0.717) is 0 Å². The molecule has 0 saturated carbocycles. The summed E-state index contributed by atoms with van der Waals surface area (Å²) in [6.07, 6.45) is 8.39. The summed E-state index contributed by atoms with van der Waals surface area (Å²) < 4.78 is 0. The monoisotopic (exact) mass is 843 g/mol. The van der Waals surface area contributed by atoms with E-state index in [-0.39, 0.29) is 5.41 Å². The van der Waals surface area contributed by atoms with E-state index in [1.54, 1.807) is 0 Å². The van der Waals surface area contributed by atoms with Gasteiger partial charge in [0.2, 0.25) is 0 Å². The molecule has 1 spiro atoms. The van der Waals surface area contributed by atoms with Gasteiger partial charge < -0.3 is 4.90 Å². The van der Waals surface area contributed by atoms with E-state index in [0.717, 1.165) is 22.6 Å². The Labute approximate surface area is 389 Å². The second-order valence-corrected chi connectivity index (χ2v) is 18.4. The fourth-order valence-electron chi connectivity index (χ4n) is 11.7. The molecular formula is C65H49N. The lowest BCUT2D eigenvalue weighted by atomic mass is 9.70. The normalized spacial score (nSPS) is 15.8. The van der Waals surface area contributed by atoms with Crippen LogP contribution in [-0.2, 0) is 10.8 Å². The topological polar surface area (TPSA) is 3.24 Å². The molecule has 0 radical (unpaired) electrons. The summed E-state index contributed by atoms with van der Waals surface area (Å²) in [4.78, 5) is 2.52. The summed E-state index contributed by atoms with van der Waals surface area (Å²) in [5.41, 5.74) is 25.5. The van der Waals surface area contributed by atoms with Gasteiger partial charge in [-0.25, -0.2) is 0 Å². The second kappa shape index (κ2) is 15.3. The molecule has 0 fully saturated rings. The fourth-order valence-corrected chi connectivity index (χ4v) is 11.7. The maximum Gasteiger partial charge on any atom is 0.0726 e. The number of benzene rings is 9. The van der Waals surface area contributed by atoms with Crippen LogP contribution in [0.3, 0.4) is 0 Å². The Hall–Kier alpha value is -8.00. The summed E-state index contributed by atoms with van der Waals surface area (Å²) in [5, 5.41) is 0. The molecule has 0 saturated heterocycles. The molecule has 0 heterocycles. The Morgan fingerprint density at radius 1 is 0.439 bits per heavy atom. The van der Waals surface area contributed by atoms with Crippen molar-refractivity contribution in [3.8, 4) is 55.6 Å². The van der Waals surface area contributed by atoms with Crippen molar-refractivity contribution < 1.29 is 0 Å². The highest BCUT2D eigenvalue weighted by Gasteiger charge is 2.53. The zero-order valence-electron chi connectivity index (χ0n) is 37.6. The molecule has 1 unspecified atom stereocenters. The van der Waals surface area contributed by atoms with Crippen LogP contribution < -0.4 is 4.90 Å². The van der Waals surface area contributed by atoms with E-state index in [9.17, 15) is 0 Å². The van der Waals surface area contributed by atoms with Gasteiger partial charge in [-0.2, -0.15) is 0 Å². The van der Waals surface area contributed by atoms with Gasteiger partial charge in [-0.05, 0) is 138 Å².